The fourth-order valence-electron chi connectivity index (χ4n) is 2.58. The van der Waals surface area contributed by atoms with E-state index in [0.717, 1.165) is 32.2 Å². The summed E-state index contributed by atoms with van der Waals surface area (Å²) in [5.74, 6) is 1.13. The number of nitrogen functional groups attached to an aromatic ring is 1. The van der Waals surface area contributed by atoms with Crippen molar-refractivity contribution in [2.75, 3.05) is 5.73 Å². The van der Waals surface area contributed by atoms with E-state index in [1.165, 1.54) is 5.56 Å². The summed E-state index contributed by atoms with van der Waals surface area (Å²) >= 11 is 1.62. The summed E-state index contributed by atoms with van der Waals surface area (Å²) < 4.78 is 6.94. The molecule has 2 heterocycles. The van der Waals surface area contributed by atoms with Gasteiger partial charge in [0, 0.05) is 11.8 Å². The molecule has 4 rings (SSSR count). The topological polar surface area (TPSA) is 73.9 Å². The highest BCUT2D eigenvalue weighted by Gasteiger charge is 2.08. The molecular formula is C19H16N4OS. The highest BCUT2D eigenvalue weighted by atomic mass is 32.1. The number of hydrogen-bond donors (Lipinski definition) is 1. The Morgan fingerprint density at radius 1 is 1.08 bits per heavy atom. The number of ether oxygens (including phenoxy) is 1. The summed E-state index contributed by atoms with van der Waals surface area (Å²) in [6.45, 7) is 2.50. The molecule has 0 aliphatic carbocycles. The quantitative estimate of drug-likeness (QED) is 0.597. The molecule has 0 amide bonds. The van der Waals surface area contributed by atoms with Gasteiger partial charge < -0.3 is 10.5 Å². The number of hydrogen-bond acceptors (Lipinski definition) is 6. The first-order valence-corrected chi connectivity index (χ1v) is 8.67. The average molecular weight is 348 g/mol. The molecule has 5 nitrogen and oxygen atoms in total. The van der Waals surface area contributed by atoms with E-state index >= 15 is 0 Å². The van der Waals surface area contributed by atoms with Crippen LogP contribution in [-0.2, 0) is 6.61 Å². The van der Waals surface area contributed by atoms with Crippen LogP contribution in [0.4, 0.5) is 5.95 Å². The Bertz CT molecular complexity index is 1040. The maximum atomic E-state index is 5.84. The van der Waals surface area contributed by atoms with Gasteiger partial charge in [-0.2, -0.15) is 0 Å². The molecule has 0 atom stereocenters. The second-order valence-electron chi connectivity index (χ2n) is 5.70. The first-order valence-electron chi connectivity index (χ1n) is 7.85. The molecule has 124 valence electrons. The molecule has 0 saturated carbocycles. The van der Waals surface area contributed by atoms with Gasteiger partial charge in [0.15, 0.2) is 0 Å². The lowest BCUT2D eigenvalue weighted by molar-refractivity contribution is 0.305. The molecule has 0 saturated heterocycles. The van der Waals surface area contributed by atoms with Crippen molar-refractivity contribution in [1.82, 2.24) is 15.0 Å². The van der Waals surface area contributed by atoms with Gasteiger partial charge in [0.2, 0.25) is 5.95 Å². The van der Waals surface area contributed by atoms with Crippen LogP contribution >= 0.6 is 11.3 Å². The fourth-order valence-corrected chi connectivity index (χ4v) is 3.50. The molecule has 0 fully saturated rings. The summed E-state index contributed by atoms with van der Waals surface area (Å²) in [5.41, 5.74) is 9.61. The minimum absolute atomic E-state index is 0.272. The number of rotatable bonds is 4. The molecule has 2 aromatic heterocycles. The van der Waals surface area contributed by atoms with E-state index in [0.29, 0.717) is 6.61 Å². The third-order valence-electron chi connectivity index (χ3n) is 3.75. The fraction of sp³-hybridized carbons (Fsp3) is 0.105. The van der Waals surface area contributed by atoms with Crippen LogP contribution in [0.2, 0.25) is 0 Å². The zero-order valence-corrected chi connectivity index (χ0v) is 14.5. The number of aryl methyl sites for hydroxylation is 1. The van der Waals surface area contributed by atoms with Gasteiger partial charge in [-0.05, 0) is 42.8 Å². The normalized spacial score (nSPS) is 10.9. The number of fused-ring (bicyclic) bond motifs is 1. The minimum atomic E-state index is 0.272. The van der Waals surface area contributed by atoms with E-state index in [4.69, 9.17) is 10.5 Å². The summed E-state index contributed by atoms with van der Waals surface area (Å²) in [5, 5.41) is 0.941. The number of aromatic nitrogens is 3. The SMILES string of the molecule is Cc1cccc(OCc2nc3ccc(-c4ccnc(N)n4)cc3s2)c1. The van der Waals surface area contributed by atoms with Crippen molar-refractivity contribution in [3.63, 3.8) is 0 Å². The van der Waals surface area contributed by atoms with Crippen molar-refractivity contribution >= 4 is 27.5 Å². The molecule has 0 spiro atoms. The number of anilines is 1. The van der Waals surface area contributed by atoms with Crippen LogP contribution in [0.3, 0.4) is 0 Å². The highest BCUT2D eigenvalue weighted by Crippen LogP contribution is 2.28. The second kappa shape index (κ2) is 6.49. The Hall–Kier alpha value is -2.99. The Morgan fingerprint density at radius 3 is 2.84 bits per heavy atom. The van der Waals surface area contributed by atoms with E-state index < -0.39 is 0 Å². The van der Waals surface area contributed by atoms with Gasteiger partial charge in [-0.3, -0.25) is 0 Å². The van der Waals surface area contributed by atoms with Crippen molar-refractivity contribution in [1.29, 1.82) is 0 Å². The van der Waals surface area contributed by atoms with Crippen molar-refractivity contribution in [3.05, 3.63) is 65.3 Å². The summed E-state index contributed by atoms with van der Waals surface area (Å²) in [7, 11) is 0. The standard InChI is InChI=1S/C19H16N4OS/c1-12-3-2-4-14(9-12)24-11-18-22-16-6-5-13(10-17(16)25-18)15-7-8-21-19(20)23-15/h2-10H,11H2,1H3,(H2,20,21,23). The molecule has 2 N–H and O–H groups in total. The van der Waals surface area contributed by atoms with E-state index in [1.54, 1.807) is 17.5 Å². The van der Waals surface area contributed by atoms with Crippen LogP contribution in [0.15, 0.2) is 54.7 Å². The molecule has 25 heavy (non-hydrogen) atoms. The Kier molecular flexibility index (Phi) is 4.03. The largest absolute Gasteiger partial charge is 0.486 e. The van der Waals surface area contributed by atoms with Gasteiger partial charge >= 0.3 is 0 Å². The molecule has 0 radical (unpaired) electrons. The molecule has 2 aromatic carbocycles. The number of thiazole rings is 1. The van der Waals surface area contributed by atoms with E-state index in [-0.39, 0.29) is 5.95 Å². The van der Waals surface area contributed by atoms with Gasteiger partial charge in [0.1, 0.15) is 17.4 Å². The van der Waals surface area contributed by atoms with Crippen LogP contribution in [0.1, 0.15) is 10.6 Å². The zero-order valence-electron chi connectivity index (χ0n) is 13.6. The van der Waals surface area contributed by atoms with Crippen LogP contribution in [-0.4, -0.2) is 15.0 Å². The lowest BCUT2D eigenvalue weighted by Gasteiger charge is -2.04. The summed E-state index contributed by atoms with van der Waals surface area (Å²) in [6, 6.07) is 15.9. The van der Waals surface area contributed by atoms with E-state index in [9.17, 15) is 0 Å². The van der Waals surface area contributed by atoms with Crippen LogP contribution in [0.5, 0.6) is 5.75 Å². The van der Waals surface area contributed by atoms with Gasteiger partial charge in [-0.15, -0.1) is 11.3 Å². The third-order valence-corrected chi connectivity index (χ3v) is 4.75. The van der Waals surface area contributed by atoms with Crippen LogP contribution in [0.25, 0.3) is 21.5 Å². The molecular weight excluding hydrogens is 332 g/mol. The number of nitrogens with two attached hydrogens (primary N) is 1. The Morgan fingerprint density at radius 2 is 2.00 bits per heavy atom. The van der Waals surface area contributed by atoms with E-state index in [1.807, 2.05) is 49.4 Å². The molecule has 0 aliphatic rings. The van der Waals surface area contributed by atoms with Crippen molar-refractivity contribution < 1.29 is 4.74 Å². The van der Waals surface area contributed by atoms with Crippen LogP contribution < -0.4 is 10.5 Å². The first kappa shape index (κ1) is 15.5. The molecule has 6 heteroatoms. The van der Waals surface area contributed by atoms with Gasteiger partial charge in [-0.25, -0.2) is 15.0 Å². The van der Waals surface area contributed by atoms with Crippen LogP contribution in [0, 0.1) is 6.92 Å². The smallest absolute Gasteiger partial charge is 0.220 e. The van der Waals surface area contributed by atoms with Crippen molar-refractivity contribution in [3.8, 4) is 17.0 Å². The monoisotopic (exact) mass is 348 g/mol. The Labute approximate surface area is 149 Å². The predicted molar refractivity (Wildman–Crippen MR) is 101 cm³/mol. The van der Waals surface area contributed by atoms with Gasteiger partial charge in [-0.1, -0.05) is 18.2 Å². The van der Waals surface area contributed by atoms with Gasteiger partial charge in [0.25, 0.3) is 0 Å². The zero-order chi connectivity index (χ0) is 17.2. The second-order valence-corrected chi connectivity index (χ2v) is 6.81. The number of nitrogens with zero attached hydrogens (tertiary/aromatic N) is 3. The molecule has 0 bridgehead atoms. The predicted octanol–water partition coefficient (Wildman–Crippen LogP) is 4.22. The third kappa shape index (κ3) is 3.44. The molecule has 4 aromatic rings. The van der Waals surface area contributed by atoms with Crippen molar-refractivity contribution in [2.24, 2.45) is 0 Å². The summed E-state index contributed by atoms with van der Waals surface area (Å²) in [4.78, 5) is 12.8. The lowest BCUT2D eigenvalue weighted by atomic mass is 10.1. The maximum absolute atomic E-state index is 5.84. The van der Waals surface area contributed by atoms with Crippen molar-refractivity contribution in [2.45, 2.75) is 13.5 Å². The summed E-state index contributed by atoms with van der Waals surface area (Å²) in [6.07, 6.45) is 1.66. The van der Waals surface area contributed by atoms with E-state index in [2.05, 4.69) is 21.0 Å². The molecule has 0 unspecified atom stereocenters. The lowest BCUT2D eigenvalue weighted by Crippen LogP contribution is -1.95. The molecule has 0 aliphatic heterocycles. The Balaban J connectivity index is 1.58. The minimum Gasteiger partial charge on any atom is -0.486 e. The maximum Gasteiger partial charge on any atom is 0.220 e. The first-order chi connectivity index (χ1) is 12.2. The average Bonchev–Trinajstić information content (AvgIpc) is 3.02. The van der Waals surface area contributed by atoms with Gasteiger partial charge in [0.05, 0.1) is 15.9 Å². The highest BCUT2D eigenvalue weighted by molar-refractivity contribution is 7.18. The number of benzene rings is 2.